The van der Waals surface area contributed by atoms with Crippen molar-refractivity contribution in [2.45, 2.75) is 44.7 Å². The van der Waals surface area contributed by atoms with E-state index < -0.39 is 22.0 Å². The fourth-order valence-electron chi connectivity index (χ4n) is 3.44. The van der Waals surface area contributed by atoms with Gasteiger partial charge in [-0.25, -0.2) is 8.42 Å². The molecule has 0 bridgehead atoms. The maximum atomic E-state index is 12.9. The number of benzene rings is 2. The van der Waals surface area contributed by atoms with Gasteiger partial charge in [-0.1, -0.05) is 19.9 Å². The summed E-state index contributed by atoms with van der Waals surface area (Å²) < 4.78 is 39.0. The van der Waals surface area contributed by atoms with Gasteiger partial charge in [-0.05, 0) is 54.8 Å². The molecule has 1 aliphatic heterocycles. The molecule has 1 unspecified atom stereocenters. The Labute approximate surface area is 193 Å². The van der Waals surface area contributed by atoms with E-state index in [4.69, 9.17) is 9.47 Å². The van der Waals surface area contributed by atoms with Gasteiger partial charge < -0.3 is 20.1 Å². The van der Waals surface area contributed by atoms with Crippen LogP contribution in [0.2, 0.25) is 0 Å². The standard InChI is InChI=1S/C23H29N3O6S/c1-14(2)22(17-5-10-20-21(13-17)32-12-11-31-20)25-23(28)15(3)26-33(29,30)19-8-6-18(7-9-19)24-16(4)27/h5-10,13-15,22,26H,11-12H2,1-4H3,(H,24,27)(H,25,28)/t15-,22?/m0/s1. The number of carbonyl (C=O) groups is 2. The van der Waals surface area contributed by atoms with Crippen molar-refractivity contribution in [1.29, 1.82) is 0 Å². The Morgan fingerprint density at radius 2 is 1.58 bits per heavy atom. The maximum absolute atomic E-state index is 12.9. The van der Waals surface area contributed by atoms with E-state index in [0.29, 0.717) is 30.4 Å². The number of hydrogen-bond acceptors (Lipinski definition) is 6. The van der Waals surface area contributed by atoms with Crippen molar-refractivity contribution < 1.29 is 27.5 Å². The topological polar surface area (TPSA) is 123 Å². The molecule has 33 heavy (non-hydrogen) atoms. The van der Waals surface area contributed by atoms with Gasteiger partial charge >= 0.3 is 0 Å². The molecule has 9 nitrogen and oxygen atoms in total. The second-order valence-corrected chi connectivity index (χ2v) is 9.90. The molecule has 0 aliphatic carbocycles. The molecule has 3 N–H and O–H groups in total. The molecular formula is C23H29N3O6S. The van der Waals surface area contributed by atoms with E-state index in [1.54, 1.807) is 0 Å². The monoisotopic (exact) mass is 475 g/mol. The first-order valence-corrected chi connectivity index (χ1v) is 12.1. The van der Waals surface area contributed by atoms with Crippen LogP contribution in [0, 0.1) is 5.92 Å². The highest BCUT2D eigenvalue weighted by Gasteiger charge is 2.26. The van der Waals surface area contributed by atoms with Crippen molar-refractivity contribution in [3.63, 3.8) is 0 Å². The SMILES string of the molecule is CC(=O)Nc1ccc(S(=O)(=O)N[C@@H](C)C(=O)NC(c2ccc3c(c2)OCCO3)C(C)C)cc1. The second kappa shape index (κ2) is 10.2. The summed E-state index contributed by atoms with van der Waals surface area (Å²) in [6.45, 7) is 7.73. The third-order valence-electron chi connectivity index (χ3n) is 5.10. The molecule has 2 amide bonds. The van der Waals surface area contributed by atoms with E-state index >= 15 is 0 Å². The Morgan fingerprint density at radius 3 is 2.18 bits per heavy atom. The van der Waals surface area contributed by atoms with Gasteiger partial charge in [-0.2, -0.15) is 4.72 Å². The van der Waals surface area contributed by atoms with Crippen LogP contribution in [0.4, 0.5) is 5.69 Å². The van der Waals surface area contributed by atoms with Gasteiger partial charge in [-0.3, -0.25) is 9.59 Å². The molecule has 0 aromatic heterocycles. The molecule has 2 atom stereocenters. The normalized spacial score (nSPS) is 14.9. The summed E-state index contributed by atoms with van der Waals surface area (Å²) in [6, 6.07) is 9.85. The zero-order chi connectivity index (χ0) is 24.2. The van der Waals surface area contributed by atoms with E-state index in [0.717, 1.165) is 5.56 Å². The van der Waals surface area contributed by atoms with Crippen LogP contribution in [-0.4, -0.2) is 39.5 Å². The number of carbonyl (C=O) groups excluding carboxylic acids is 2. The predicted octanol–water partition coefficient (Wildman–Crippen LogP) is 2.60. The van der Waals surface area contributed by atoms with Gasteiger partial charge in [0.1, 0.15) is 13.2 Å². The number of amides is 2. The van der Waals surface area contributed by atoms with E-state index in [1.807, 2.05) is 32.0 Å². The van der Waals surface area contributed by atoms with Crippen molar-refractivity contribution >= 4 is 27.5 Å². The molecule has 3 rings (SSSR count). The third kappa shape index (κ3) is 6.23. The van der Waals surface area contributed by atoms with Crippen molar-refractivity contribution in [3.8, 4) is 11.5 Å². The Bertz CT molecular complexity index is 1120. The van der Waals surface area contributed by atoms with Gasteiger partial charge in [-0.15, -0.1) is 0 Å². The Kier molecular flexibility index (Phi) is 7.60. The molecule has 178 valence electrons. The van der Waals surface area contributed by atoms with Crippen LogP contribution in [0.5, 0.6) is 11.5 Å². The molecular weight excluding hydrogens is 446 g/mol. The first kappa shape index (κ1) is 24.5. The summed E-state index contributed by atoms with van der Waals surface area (Å²) in [7, 11) is -3.94. The predicted molar refractivity (Wildman–Crippen MR) is 124 cm³/mol. The molecule has 10 heteroatoms. The van der Waals surface area contributed by atoms with Crippen LogP contribution >= 0.6 is 0 Å². The highest BCUT2D eigenvalue weighted by atomic mass is 32.2. The molecule has 0 saturated heterocycles. The van der Waals surface area contributed by atoms with Gasteiger partial charge in [0.25, 0.3) is 0 Å². The van der Waals surface area contributed by atoms with E-state index in [-0.39, 0.29) is 22.8 Å². The van der Waals surface area contributed by atoms with Crippen LogP contribution < -0.4 is 24.8 Å². The first-order valence-electron chi connectivity index (χ1n) is 10.7. The molecule has 2 aromatic rings. The molecule has 0 spiro atoms. The Hall–Kier alpha value is -3.11. The lowest BCUT2D eigenvalue weighted by Gasteiger charge is -2.26. The minimum absolute atomic E-state index is 0.0107. The minimum Gasteiger partial charge on any atom is -0.486 e. The summed E-state index contributed by atoms with van der Waals surface area (Å²) in [4.78, 5) is 24.0. The van der Waals surface area contributed by atoms with Gasteiger partial charge in [0, 0.05) is 12.6 Å². The molecule has 1 aliphatic rings. The summed E-state index contributed by atoms with van der Waals surface area (Å²) in [5, 5.41) is 5.51. The highest BCUT2D eigenvalue weighted by Crippen LogP contribution is 2.34. The fourth-order valence-corrected chi connectivity index (χ4v) is 4.64. The lowest BCUT2D eigenvalue weighted by molar-refractivity contribution is -0.123. The number of fused-ring (bicyclic) bond motifs is 1. The third-order valence-corrected chi connectivity index (χ3v) is 6.66. The smallest absolute Gasteiger partial charge is 0.241 e. The number of anilines is 1. The van der Waals surface area contributed by atoms with Crippen LogP contribution in [0.25, 0.3) is 0 Å². The molecule has 1 heterocycles. The van der Waals surface area contributed by atoms with E-state index in [2.05, 4.69) is 15.4 Å². The number of hydrogen-bond donors (Lipinski definition) is 3. The lowest BCUT2D eigenvalue weighted by atomic mass is 9.95. The van der Waals surface area contributed by atoms with Crippen molar-refractivity contribution in [3.05, 3.63) is 48.0 Å². The summed E-state index contributed by atoms with van der Waals surface area (Å²) in [5.41, 5.74) is 1.32. The minimum atomic E-state index is -3.94. The quantitative estimate of drug-likeness (QED) is 0.539. The van der Waals surface area contributed by atoms with Crippen molar-refractivity contribution in [2.75, 3.05) is 18.5 Å². The average molecular weight is 476 g/mol. The number of ether oxygens (including phenoxy) is 2. The highest BCUT2D eigenvalue weighted by molar-refractivity contribution is 7.89. The van der Waals surface area contributed by atoms with Crippen LogP contribution in [0.1, 0.15) is 39.3 Å². The number of sulfonamides is 1. The largest absolute Gasteiger partial charge is 0.486 e. The molecule has 0 radical (unpaired) electrons. The first-order chi connectivity index (χ1) is 15.6. The fraction of sp³-hybridized carbons (Fsp3) is 0.391. The van der Waals surface area contributed by atoms with Crippen LogP contribution in [0.3, 0.4) is 0 Å². The Morgan fingerprint density at radius 1 is 0.939 bits per heavy atom. The maximum Gasteiger partial charge on any atom is 0.241 e. The van der Waals surface area contributed by atoms with Crippen molar-refractivity contribution in [1.82, 2.24) is 10.0 Å². The van der Waals surface area contributed by atoms with E-state index in [9.17, 15) is 18.0 Å². The van der Waals surface area contributed by atoms with Gasteiger partial charge in [0.2, 0.25) is 21.8 Å². The zero-order valence-corrected chi connectivity index (χ0v) is 19.9. The number of nitrogens with one attached hydrogen (secondary N) is 3. The lowest BCUT2D eigenvalue weighted by Crippen LogP contribution is -2.46. The zero-order valence-electron chi connectivity index (χ0n) is 19.0. The summed E-state index contributed by atoms with van der Waals surface area (Å²) in [6.07, 6.45) is 0. The van der Waals surface area contributed by atoms with Gasteiger partial charge in [0.05, 0.1) is 17.0 Å². The van der Waals surface area contributed by atoms with Crippen molar-refractivity contribution in [2.24, 2.45) is 5.92 Å². The average Bonchev–Trinajstić information content (AvgIpc) is 2.76. The van der Waals surface area contributed by atoms with Crippen LogP contribution in [0.15, 0.2) is 47.4 Å². The number of rotatable bonds is 8. The molecule has 2 aromatic carbocycles. The van der Waals surface area contributed by atoms with Crippen LogP contribution in [-0.2, 0) is 19.6 Å². The summed E-state index contributed by atoms with van der Waals surface area (Å²) in [5.74, 6) is 0.606. The van der Waals surface area contributed by atoms with Gasteiger partial charge in [0.15, 0.2) is 11.5 Å². The van der Waals surface area contributed by atoms with E-state index in [1.165, 1.54) is 38.1 Å². The Balaban J connectivity index is 1.69. The summed E-state index contributed by atoms with van der Waals surface area (Å²) >= 11 is 0. The molecule has 0 saturated carbocycles. The molecule has 0 fully saturated rings. The second-order valence-electron chi connectivity index (χ2n) is 8.18.